The molecule has 1 aromatic rings. The van der Waals surface area contributed by atoms with Crippen LogP contribution in [0.5, 0.6) is 0 Å². The Labute approximate surface area is 108 Å². The maximum Gasteiger partial charge on any atom is 0.325 e. The molecule has 0 saturated heterocycles. The second-order valence-corrected chi connectivity index (χ2v) is 4.77. The third kappa shape index (κ3) is 3.78. The van der Waals surface area contributed by atoms with Gasteiger partial charge >= 0.3 is 5.97 Å². The average Bonchev–Trinajstić information content (AvgIpc) is 2.28. The molecule has 0 fully saturated rings. The Bertz CT molecular complexity index is 411. The van der Waals surface area contributed by atoms with E-state index in [1.54, 1.807) is 0 Å². The van der Waals surface area contributed by atoms with Crippen molar-refractivity contribution in [1.29, 1.82) is 0 Å². The summed E-state index contributed by atoms with van der Waals surface area (Å²) in [6.45, 7) is 3.85. The summed E-state index contributed by atoms with van der Waals surface area (Å²) in [4.78, 5) is 11.2. The van der Waals surface area contributed by atoms with Crippen LogP contribution in [0, 0.1) is 5.82 Å². The number of aliphatic carboxylic acids is 1. The Morgan fingerprint density at radius 3 is 2.76 bits per heavy atom. The van der Waals surface area contributed by atoms with Gasteiger partial charge in [0, 0.05) is 10.5 Å². The fourth-order valence-electron chi connectivity index (χ4n) is 1.43. The third-order valence-electron chi connectivity index (χ3n) is 2.58. The number of hydrogen-bond acceptors (Lipinski definition) is 2. The third-order valence-corrected chi connectivity index (χ3v) is 3.30. The molecule has 0 aliphatic carbocycles. The van der Waals surface area contributed by atoms with E-state index in [9.17, 15) is 14.3 Å². The molecule has 1 rings (SSSR count). The molecule has 0 heterocycles. The number of hydrogen-bond donors (Lipinski definition) is 2. The van der Waals surface area contributed by atoms with E-state index in [0.717, 1.165) is 6.42 Å². The van der Waals surface area contributed by atoms with Gasteiger partial charge in [-0.05, 0) is 37.1 Å². The first kappa shape index (κ1) is 14.1. The zero-order chi connectivity index (χ0) is 13.0. The summed E-state index contributed by atoms with van der Waals surface area (Å²) in [7, 11) is 0. The lowest BCUT2D eigenvalue weighted by Gasteiger charge is -2.20. The molecule has 0 aromatic heterocycles. The molecule has 0 aliphatic heterocycles. The van der Waals surface area contributed by atoms with Crippen LogP contribution in [0.15, 0.2) is 22.7 Å². The first-order valence-corrected chi connectivity index (χ1v) is 6.18. The zero-order valence-corrected chi connectivity index (χ0v) is 11.3. The Balaban J connectivity index is 3.05. The molecule has 2 unspecified atom stereocenters. The first-order chi connectivity index (χ1) is 7.95. The average molecular weight is 304 g/mol. The van der Waals surface area contributed by atoms with Crippen molar-refractivity contribution in [2.24, 2.45) is 0 Å². The maximum atomic E-state index is 13.1. The van der Waals surface area contributed by atoms with Gasteiger partial charge in [0.25, 0.3) is 0 Å². The molecule has 2 atom stereocenters. The smallest absolute Gasteiger partial charge is 0.325 e. The number of halogens is 2. The van der Waals surface area contributed by atoms with Crippen LogP contribution in [0.25, 0.3) is 0 Å². The van der Waals surface area contributed by atoms with E-state index >= 15 is 0 Å². The van der Waals surface area contributed by atoms with Crippen LogP contribution in [0.1, 0.15) is 31.9 Å². The van der Waals surface area contributed by atoms with E-state index in [4.69, 9.17) is 0 Å². The highest BCUT2D eigenvalue weighted by Gasteiger charge is 2.23. The van der Waals surface area contributed by atoms with Crippen molar-refractivity contribution in [1.82, 2.24) is 5.32 Å². The number of rotatable bonds is 5. The van der Waals surface area contributed by atoms with Crippen molar-refractivity contribution >= 4 is 21.9 Å². The van der Waals surface area contributed by atoms with Crippen LogP contribution in [0.3, 0.4) is 0 Å². The molecule has 94 valence electrons. The van der Waals surface area contributed by atoms with Crippen molar-refractivity contribution < 1.29 is 14.3 Å². The van der Waals surface area contributed by atoms with Crippen LogP contribution in [-0.4, -0.2) is 17.1 Å². The van der Waals surface area contributed by atoms with Gasteiger partial charge in [-0.3, -0.25) is 10.1 Å². The largest absolute Gasteiger partial charge is 0.480 e. The van der Waals surface area contributed by atoms with Crippen LogP contribution >= 0.6 is 15.9 Å². The normalized spacial score (nSPS) is 14.4. The van der Waals surface area contributed by atoms with Gasteiger partial charge in [-0.15, -0.1) is 0 Å². The second-order valence-electron chi connectivity index (χ2n) is 3.91. The number of benzene rings is 1. The minimum atomic E-state index is -1.02. The van der Waals surface area contributed by atoms with E-state index in [-0.39, 0.29) is 6.04 Å². The molecule has 3 nitrogen and oxygen atoms in total. The van der Waals surface area contributed by atoms with E-state index < -0.39 is 17.8 Å². The fourth-order valence-corrected chi connectivity index (χ4v) is 1.91. The van der Waals surface area contributed by atoms with Gasteiger partial charge in [0.15, 0.2) is 0 Å². The van der Waals surface area contributed by atoms with Gasteiger partial charge in [-0.1, -0.05) is 22.9 Å². The van der Waals surface area contributed by atoms with Crippen LogP contribution in [0.4, 0.5) is 4.39 Å². The number of nitrogens with one attached hydrogen (secondary N) is 1. The Kier molecular flexibility index (Phi) is 5.08. The van der Waals surface area contributed by atoms with Crippen LogP contribution in [-0.2, 0) is 4.79 Å². The Hall–Kier alpha value is -0.940. The van der Waals surface area contributed by atoms with E-state index in [1.165, 1.54) is 18.2 Å². The molecule has 1 aromatic carbocycles. The van der Waals surface area contributed by atoms with Gasteiger partial charge in [0.2, 0.25) is 0 Å². The highest BCUT2D eigenvalue weighted by molar-refractivity contribution is 9.10. The van der Waals surface area contributed by atoms with Crippen LogP contribution in [0.2, 0.25) is 0 Å². The molecular weight excluding hydrogens is 289 g/mol. The molecular formula is C12H15BrFNO2. The van der Waals surface area contributed by atoms with Crippen molar-refractivity contribution in [2.75, 3.05) is 0 Å². The van der Waals surface area contributed by atoms with Crippen molar-refractivity contribution in [2.45, 2.75) is 32.4 Å². The molecule has 2 N–H and O–H groups in total. The van der Waals surface area contributed by atoms with Gasteiger partial charge in [-0.2, -0.15) is 0 Å². The van der Waals surface area contributed by atoms with E-state index in [0.29, 0.717) is 10.0 Å². The quantitative estimate of drug-likeness (QED) is 0.879. The van der Waals surface area contributed by atoms with Gasteiger partial charge in [-0.25, -0.2) is 4.39 Å². The van der Waals surface area contributed by atoms with Gasteiger partial charge in [0.1, 0.15) is 11.9 Å². The summed E-state index contributed by atoms with van der Waals surface area (Å²) in [6.07, 6.45) is 0.802. The standard InChI is InChI=1S/C12H15BrFNO2/c1-3-7(2)15-11(12(16)17)9-6-8(14)4-5-10(9)13/h4-7,11,15H,3H2,1-2H3,(H,16,17). The van der Waals surface area contributed by atoms with E-state index in [1.807, 2.05) is 13.8 Å². The summed E-state index contributed by atoms with van der Waals surface area (Å²) < 4.78 is 13.7. The summed E-state index contributed by atoms with van der Waals surface area (Å²) >= 11 is 3.24. The monoisotopic (exact) mass is 303 g/mol. The van der Waals surface area contributed by atoms with Crippen molar-refractivity contribution in [3.63, 3.8) is 0 Å². The Morgan fingerprint density at radius 2 is 2.24 bits per heavy atom. The number of carboxylic acids is 1. The molecule has 17 heavy (non-hydrogen) atoms. The lowest BCUT2D eigenvalue weighted by molar-refractivity contribution is -0.139. The lowest BCUT2D eigenvalue weighted by Crippen LogP contribution is -2.35. The second kappa shape index (κ2) is 6.12. The summed E-state index contributed by atoms with van der Waals surface area (Å²) in [5.41, 5.74) is 0.401. The van der Waals surface area contributed by atoms with Crippen molar-refractivity contribution in [3.05, 3.63) is 34.1 Å². The summed E-state index contributed by atoms with van der Waals surface area (Å²) in [5, 5.41) is 12.1. The first-order valence-electron chi connectivity index (χ1n) is 5.39. The Morgan fingerprint density at radius 1 is 1.59 bits per heavy atom. The SMILES string of the molecule is CCC(C)NC(C(=O)O)c1cc(F)ccc1Br. The molecule has 0 bridgehead atoms. The molecule has 0 spiro atoms. The predicted molar refractivity (Wildman–Crippen MR) is 67.4 cm³/mol. The predicted octanol–water partition coefficient (Wildman–Crippen LogP) is 3.10. The van der Waals surface area contributed by atoms with Crippen molar-refractivity contribution in [3.8, 4) is 0 Å². The topological polar surface area (TPSA) is 49.3 Å². The molecule has 0 radical (unpaired) electrons. The molecule has 0 aliphatic rings. The minimum absolute atomic E-state index is 0.0475. The molecule has 0 amide bonds. The highest BCUT2D eigenvalue weighted by atomic mass is 79.9. The fraction of sp³-hybridized carbons (Fsp3) is 0.417. The lowest BCUT2D eigenvalue weighted by atomic mass is 10.1. The molecule has 5 heteroatoms. The minimum Gasteiger partial charge on any atom is -0.480 e. The zero-order valence-electron chi connectivity index (χ0n) is 9.71. The summed E-state index contributed by atoms with van der Waals surface area (Å²) in [5.74, 6) is -1.46. The summed E-state index contributed by atoms with van der Waals surface area (Å²) in [6, 6.07) is 3.17. The van der Waals surface area contributed by atoms with Crippen LogP contribution < -0.4 is 5.32 Å². The number of carbonyl (C=O) groups is 1. The van der Waals surface area contributed by atoms with Gasteiger partial charge < -0.3 is 5.11 Å². The number of carboxylic acid groups (broad SMARTS) is 1. The maximum absolute atomic E-state index is 13.1. The van der Waals surface area contributed by atoms with Gasteiger partial charge in [0.05, 0.1) is 0 Å². The highest BCUT2D eigenvalue weighted by Crippen LogP contribution is 2.25. The van der Waals surface area contributed by atoms with E-state index in [2.05, 4.69) is 21.2 Å². The molecule has 0 saturated carbocycles.